The van der Waals surface area contributed by atoms with Crippen LogP contribution < -0.4 is 9.47 Å². The van der Waals surface area contributed by atoms with Crippen molar-refractivity contribution in [1.82, 2.24) is 14.8 Å². The number of amides is 1. The molecule has 3 aromatic rings. The zero-order chi connectivity index (χ0) is 25.1. The van der Waals surface area contributed by atoms with E-state index in [0.29, 0.717) is 29.9 Å². The summed E-state index contributed by atoms with van der Waals surface area (Å²) in [4.78, 5) is 21.0. The Balaban J connectivity index is 1.20. The number of hydrogen-bond donors (Lipinski definition) is 0. The molecular formula is C26H26F3N3O3S. The van der Waals surface area contributed by atoms with Crippen molar-refractivity contribution in [3.8, 4) is 11.6 Å². The number of thiazole rings is 1. The Bertz CT molecular complexity index is 1150. The monoisotopic (exact) mass is 517 g/mol. The normalized spacial score (nSPS) is 21.1. The lowest BCUT2D eigenvalue weighted by atomic mass is 10.1. The molecule has 1 saturated carbocycles. The first-order chi connectivity index (χ1) is 17.3. The van der Waals surface area contributed by atoms with Crippen molar-refractivity contribution < 1.29 is 27.4 Å². The van der Waals surface area contributed by atoms with Crippen LogP contribution in [-0.4, -0.2) is 53.4 Å². The second-order valence-electron chi connectivity index (χ2n) is 9.26. The fraction of sp³-hybridized carbons (Fsp3) is 0.385. The maximum atomic E-state index is 13.0. The largest absolute Gasteiger partial charge is 0.573 e. The minimum absolute atomic E-state index is 0.117. The van der Waals surface area contributed by atoms with Gasteiger partial charge in [0.1, 0.15) is 5.75 Å². The molecule has 36 heavy (non-hydrogen) atoms. The predicted octanol–water partition coefficient (Wildman–Crippen LogP) is 5.46. The van der Waals surface area contributed by atoms with Crippen molar-refractivity contribution in [3.05, 3.63) is 76.6 Å². The number of likely N-dealkylation sites (tertiary alicyclic amines) is 1. The van der Waals surface area contributed by atoms with Gasteiger partial charge >= 0.3 is 12.5 Å². The fourth-order valence-electron chi connectivity index (χ4n) is 5.05. The molecule has 0 spiro atoms. The number of piperidine rings is 1. The van der Waals surface area contributed by atoms with Crippen LogP contribution in [0.3, 0.4) is 0 Å². The number of rotatable bonds is 9. The number of alkyl halides is 3. The zero-order valence-electron chi connectivity index (χ0n) is 19.4. The van der Waals surface area contributed by atoms with E-state index in [4.69, 9.17) is 4.74 Å². The van der Waals surface area contributed by atoms with E-state index in [1.807, 2.05) is 6.07 Å². The first kappa shape index (κ1) is 24.6. The molecule has 1 aliphatic heterocycles. The maximum Gasteiger partial charge on any atom is 0.573 e. The van der Waals surface area contributed by atoms with E-state index in [-0.39, 0.29) is 18.2 Å². The summed E-state index contributed by atoms with van der Waals surface area (Å²) in [6, 6.07) is 16.1. The predicted molar refractivity (Wildman–Crippen MR) is 129 cm³/mol. The minimum atomic E-state index is -4.78. The van der Waals surface area contributed by atoms with Crippen LogP contribution >= 0.6 is 11.3 Å². The van der Waals surface area contributed by atoms with E-state index in [0.717, 1.165) is 26.1 Å². The lowest BCUT2D eigenvalue weighted by Crippen LogP contribution is -2.37. The molecule has 1 aliphatic carbocycles. The van der Waals surface area contributed by atoms with Gasteiger partial charge in [0.15, 0.2) is 0 Å². The average Bonchev–Trinajstić information content (AvgIpc) is 3.21. The molecule has 2 heterocycles. The van der Waals surface area contributed by atoms with Gasteiger partial charge in [0.2, 0.25) is 5.88 Å². The fourth-order valence-corrected chi connectivity index (χ4v) is 5.50. The number of ether oxygens (including phenoxy) is 2. The van der Waals surface area contributed by atoms with Gasteiger partial charge in [-0.3, -0.25) is 0 Å². The molecule has 1 amide bonds. The van der Waals surface area contributed by atoms with Crippen LogP contribution in [0.1, 0.15) is 11.1 Å². The molecule has 0 radical (unpaired) electrons. The molecule has 6 nitrogen and oxygen atoms in total. The van der Waals surface area contributed by atoms with Gasteiger partial charge in [-0.1, -0.05) is 42.5 Å². The van der Waals surface area contributed by atoms with Crippen LogP contribution in [0.5, 0.6) is 11.6 Å². The number of hydrogen-bond acceptors (Lipinski definition) is 6. The summed E-state index contributed by atoms with van der Waals surface area (Å²) in [6.45, 7) is 3.59. The standard InChI is InChI=1S/C26H26F3N3O3S/c27-26(28,29)35-20-8-4-7-19(11-20)12-32(25(33)34-24-16-36-17-30-24)15-23-21-13-31(14-22(21)23)10-9-18-5-2-1-3-6-18/h1-8,11,16-17,21-23H,9-10,12-15H2. The number of benzene rings is 2. The van der Waals surface area contributed by atoms with Gasteiger partial charge in [0.25, 0.3) is 0 Å². The van der Waals surface area contributed by atoms with Gasteiger partial charge in [-0.05, 0) is 47.4 Å². The van der Waals surface area contributed by atoms with Crippen molar-refractivity contribution in [2.45, 2.75) is 19.3 Å². The van der Waals surface area contributed by atoms with Crippen LogP contribution in [0.2, 0.25) is 0 Å². The summed E-state index contributed by atoms with van der Waals surface area (Å²) in [6.07, 6.45) is -4.33. The van der Waals surface area contributed by atoms with Crippen LogP contribution in [0, 0.1) is 17.8 Å². The van der Waals surface area contributed by atoms with Gasteiger partial charge in [-0.15, -0.1) is 24.5 Å². The van der Waals surface area contributed by atoms with Crippen molar-refractivity contribution in [3.63, 3.8) is 0 Å². The third-order valence-electron chi connectivity index (χ3n) is 6.80. The Hall–Kier alpha value is -3.11. The summed E-state index contributed by atoms with van der Waals surface area (Å²) in [7, 11) is 0. The molecule has 190 valence electrons. The van der Waals surface area contributed by atoms with Crippen LogP contribution in [0.15, 0.2) is 65.5 Å². The van der Waals surface area contributed by atoms with Gasteiger partial charge in [0, 0.05) is 32.7 Å². The Labute approximate surface area is 211 Å². The summed E-state index contributed by atoms with van der Waals surface area (Å²) in [5.74, 6) is 1.26. The van der Waals surface area contributed by atoms with Gasteiger partial charge in [-0.25, -0.2) is 9.78 Å². The smallest absolute Gasteiger partial charge is 0.406 e. The third kappa shape index (κ3) is 6.36. The van der Waals surface area contributed by atoms with Crippen LogP contribution in [0.4, 0.5) is 18.0 Å². The first-order valence-electron chi connectivity index (χ1n) is 11.8. The highest BCUT2D eigenvalue weighted by Crippen LogP contribution is 2.52. The molecule has 2 unspecified atom stereocenters. The second-order valence-corrected chi connectivity index (χ2v) is 9.98. The van der Waals surface area contributed by atoms with E-state index in [1.165, 1.54) is 35.1 Å². The quantitative estimate of drug-likeness (QED) is 0.377. The Morgan fingerprint density at radius 1 is 1.08 bits per heavy atom. The van der Waals surface area contributed by atoms with E-state index in [2.05, 4.69) is 38.9 Å². The first-order valence-corrected chi connectivity index (χ1v) is 12.7. The van der Waals surface area contributed by atoms with E-state index in [9.17, 15) is 18.0 Å². The van der Waals surface area contributed by atoms with Crippen molar-refractivity contribution in [2.24, 2.45) is 17.8 Å². The summed E-state index contributed by atoms with van der Waals surface area (Å²) in [5.41, 5.74) is 3.42. The topological polar surface area (TPSA) is 54.9 Å². The second kappa shape index (κ2) is 10.5. The average molecular weight is 518 g/mol. The van der Waals surface area contributed by atoms with E-state index in [1.54, 1.807) is 21.9 Å². The van der Waals surface area contributed by atoms with Crippen molar-refractivity contribution in [2.75, 3.05) is 26.2 Å². The minimum Gasteiger partial charge on any atom is -0.406 e. The number of carbonyl (C=O) groups is 1. The highest BCUT2D eigenvalue weighted by molar-refractivity contribution is 7.07. The highest BCUT2D eigenvalue weighted by atomic mass is 32.1. The summed E-state index contributed by atoms with van der Waals surface area (Å²) < 4.78 is 47.4. The summed E-state index contributed by atoms with van der Waals surface area (Å²) >= 11 is 1.31. The molecule has 2 fully saturated rings. The highest BCUT2D eigenvalue weighted by Gasteiger charge is 2.55. The molecule has 2 atom stereocenters. The summed E-state index contributed by atoms with van der Waals surface area (Å²) in [5, 5.41) is 1.63. The number of fused-ring (bicyclic) bond motifs is 1. The molecule has 2 aliphatic rings. The van der Waals surface area contributed by atoms with E-state index < -0.39 is 12.5 Å². The van der Waals surface area contributed by atoms with E-state index >= 15 is 0 Å². The molecule has 2 aromatic carbocycles. The van der Waals surface area contributed by atoms with Gasteiger partial charge in [0.05, 0.1) is 10.9 Å². The molecule has 1 saturated heterocycles. The number of aromatic nitrogens is 1. The number of carbonyl (C=O) groups excluding carboxylic acids is 1. The zero-order valence-corrected chi connectivity index (χ0v) is 20.3. The SMILES string of the molecule is O=C(Oc1cscn1)N(Cc1cccc(OC(F)(F)F)c1)CC1C2CN(CCc3ccccc3)CC21. The van der Waals surface area contributed by atoms with Crippen LogP contribution in [0.25, 0.3) is 0 Å². The van der Waals surface area contributed by atoms with Crippen molar-refractivity contribution in [1.29, 1.82) is 0 Å². The Morgan fingerprint density at radius 3 is 2.53 bits per heavy atom. The molecular weight excluding hydrogens is 491 g/mol. The van der Waals surface area contributed by atoms with Crippen molar-refractivity contribution >= 4 is 17.4 Å². The molecule has 10 heteroatoms. The number of halogens is 3. The molecule has 0 bridgehead atoms. The van der Waals surface area contributed by atoms with Gasteiger partial charge < -0.3 is 19.3 Å². The number of nitrogens with zero attached hydrogens (tertiary/aromatic N) is 3. The Morgan fingerprint density at radius 2 is 1.83 bits per heavy atom. The van der Waals surface area contributed by atoms with Crippen LogP contribution in [-0.2, 0) is 13.0 Å². The molecule has 0 N–H and O–H groups in total. The van der Waals surface area contributed by atoms with Gasteiger partial charge in [-0.2, -0.15) is 0 Å². The third-order valence-corrected chi connectivity index (χ3v) is 7.37. The molecule has 1 aromatic heterocycles. The lowest BCUT2D eigenvalue weighted by molar-refractivity contribution is -0.274. The molecule has 5 rings (SSSR count). The lowest BCUT2D eigenvalue weighted by Gasteiger charge is -2.25. The Kier molecular flexibility index (Phi) is 7.15. The maximum absolute atomic E-state index is 13.0.